The molecule has 0 radical (unpaired) electrons. The molecule has 184 valence electrons. The van der Waals surface area contributed by atoms with Gasteiger partial charge in [0.15, 0.2) is 8.87 Å². The molecule has 0 N–H and O–H groups in total. The normalized spacial score (nSPS) is 11.9. The summed E-state index contributed by atoms with van der Waals surface area (Å²) in [4.78, 5) is 39.6. The number of hydrogen-bond acceptors (Lipinski definition) is 10. The summed E-state index contributed by atoms with van der Waals surface area (Å²) in [5.41, 5.74) is 1.78. The molecule has 12 heteroatoms. The van der Waals surface area contributed by atoms with Crippen LogP contribution in [0, 0.1) is 10.1 Å². The van der Waals surface area contributed by atoms with E-state index in [9.17, 15) is 28.1 Å². The number of hydrogen-bond donors (Lipinski definition) is 0. The first-order chi connectivity index (χ1) is 16.1. The zero-order valence-electron chi connectivity index (χ0n) is 18.7. The Hall–Kier alpha value is -3.12. The summed E-state index contributed by atoms with van der Waals surface area (Å²) < 4.78 is 32.8. The summed E-state index contributed by atoms with van der Waals surface area (Å²) in [5, 5.41) is 9.55. The van der Waals surface area contributed by atoms with Crippen LogP contribution < -0.4 is 4.74 Å². The van der Waals surface area contributed by atoms with E-state index in [2.05, 4.69) is 4.84 Å². The molecule has 0 aliphatic carbocycles. The van der Waals surface area contributed by atoms with E-state index in [1.165, 1.54) is 0 Å². The minimum atomic E-state index is -3.21. The molecule has 0 aromatic heterocycles. The first-order valence-corrected chi connectivity index (χ1v) is 13.7. The molecular formula is C22H25NO9S2. The van der Waals surface area contributed by atoms with Gasteiger partial charge in [-0.3, -0.25) is 4.79 Å². The maximum Gasteiger partial charge on any atom is 0.338 e. The van der Waals surface area contributed by atoms with E-state index >= 15 is 0 Å². The first kappa shape index (κ1) is 27.1. The van der Waals surface area contributed by atoms with Crippen LogP contribution in [-0.2, 0) is 29.7 Å². The molecule has 0 saturated carbocycles. The van der Waals surface area contributed by atoms with Crippen molar-refractivity contribution < 1.29 is 37.4 Å². The van der Waals surface area contributed by atoms with Gasteiger partial charge in [-0.15, -0.1) is 10.1 Å². The lowest BCUT2D eigenvalue weighted by Crippen LogP contribution is -2.22. The Kier molecular flexibility index (Phi) is 10.3. The molecule has 0 aliphatic rings. The van der Waals surface area contributed by atoms with Crippen LogP contribution in [-0.4, -0.2) is 50.2 Å². The Balaban J connectivity index is 2.02. The summed E-state index contributed by atoms with van der Waals surface area (Å²) in [6, 6.07) is 13.6. The van der Waals surface area contributed by atoms with Gasteiger partial charge in [-0.2, -0.15) is 0 Å². The van der Waals surface area contributed by atoms with Gasteiger partial charge in [0.2, 0.25) is 0 Å². The lowest BCUT2D eigenvalue weighted by Gasteiger charge is -2.13. The van der Waals surface area contributed by atoms with Crippen molar-refractivity contribution in [1.82, 2.24) is 0 Å². The molecule has 0 heterocycles. The molecule has 2 aromatic rings. The van der Waals surface area contributed by atoms with Crippen LogP contribution in [0.4, 0.5) is 0 Å². The Morgan fingerprint density at radius 3 is 2.56 bits per heavy atom. The third-order valence-corrected chi connectivity index (χ3v) is 7.01. The molecule has 1 atom stereocenters. The highest BCUT2D eigenvalue weighted by molar-refractivity contribution is 8.71. The summed E-state index contributed by atoms with van der Waals surface area (Å²) >= 11 is 0. The number of nitrogens with zero attached hydrogens (tertiary/aromatic N) is 1. The minimum absolute atomic E-state index is 0.0464. The zero-order valence-corrected chi connectivity index (χ0v) is 20.3. The van der Waals surface area contributed by atoms with Gasteiger partial charge in [0, 0.05) is 12.0 Å². The van der Waals surface area contributed by atoms with E-state index in [-0.39, 0.29) is 31.0 Å². The highest BCUT2D eigenvalue weighted by Crippen LogP contribution is 2.20. The van der Waals surface area contributed by atoms with E-state index in [1.54, 1.807) is 55.5 Å². The smallest absolute Gasteiger partial charge is 0.338 e. The predicted octanol–water partition coefficient (Wildman–Crippen LogP) is 3.41. The molecule has 0 aliphatic heterocycles. The second kappa shape index (κ2) is 12.9. The van der Waals surface area contributed by atoms with Crippen molar-refractivity contribution in [2.45, 2.75) is 32.3 Å². The van der Waals surface area contributed by atoms with Crippen LogP contribution in [0.3, 0.4) is 0 Å². The quantitative estimate of drug-likeness (QED) is 0.0981. The number of esters is 2. The van der Waals surface area contributed by atoms with Crippen LogP contribution in [0.1, 0.15) is 41.3 Å². The van der Waals surface area contributed by atoms with E-state index < -0.39 is 32.0 Å². The number of benzene rings is 2. The Morgan fingerprint density at radius 1 is 1.15 bits per heavy atom. The van der Waals surface area contributed by atoms with Gasteiger partial charge < -0.3 is 14.3 Å². The van der Waals surface area contributed by atoms with Gasteiger partial charge in [-0.05, 0) is 53.0 Å². The van der Waals surface area contributed by atoms with Crippen molar-refractivity contribution in [3.05, 3.63) is 75.3 Å². The molecule has 0 spiro atoms. The van der Waals surface area contributed by atoms with Crippen LogP contribution in [0.25, 0.3) is 0 Å². The number of rotatable bonds is 13. The van der Waals surface area contributed by atoms with Crippen LogP contribution in [0.15, 0.2) is 48.5 Å². The molecule has 34 heavy (non-hydrogen) atoms. The Morgan fingerprint density at radius 2 is 1.88 bits per heavy atom. The van der Waals surface area contributed by atoms with Gasteiger partial charge >= 0.3 is 11.9 Å². The fourth-order valence-corrected chi connectivity index (χ4v) is 4.51. The van der Waals surface area contributed by atoms with E-state index in [0.29, 0.717) is 28.3 Å². The average Bonchev–Trinajstić information content (AvgIpc) is 2.75. The Labute approximate surface area is 201 Å². The maximum absolute atomic E-state index is 12.5. The third-order valence-electron chi connectivity index (χ3n) is 4.46. The van der Waals surface area contributed by atoms with Gasteiger partial charge in [0.1, 0.15) is 18.5 Å². The fourth-order valence-electron chi connectivity index (χ4n) is 2.95. The van der Waals surface area contributed by atoms with Crippen LogP contribution >= 0.6 is 10.8 Å². The zero-order chi connectivity index (χ0) is 25.1. The largest absolute Gasteiger partial charge is 0.461 e. The van der Waals surface area contributed by atoms with E-state index in [0.717, 1.165) is 11.8 Å². The predicted molar refractivity (Wildman–Crippen MR) is 126 cm³/mol. The van der Waals surface area contributed by atoms with Crippen molar-refractivity contribution in [3.63, 3.8) is 0 Å². The standard InChI is InChI=1S/C22H25NO9S2/c1-3-18(32-23(26)27)15-21(24)31-19-9-6-7-16(14-19)13-17-8-4-5-10-20(17)22(25)30-11-12-33-34(2,28)29/h4-10,14,18H,3,11-13,15H2,1-2H3. The molecule has 0 bridgehead atoms. The first-order valence-electron chi connectivity index (χ1n) is 10.3. The van der Waals surface area contributed by atoms with Gasteiger partial charge in [0.25, 0.3) is 5.09 Å². The van der Waals surface area contributed by atoms with E-state index in [4.69, 9.17) is 9.47 Å². The van der Waals surface area contributed by atoms with Crippen molar-refractivity contribution >= 4 is 31.6 Å². The molecule has 1 unspecified atom stereocenters. The summed E-state index contributed by atoms with van der Waals surface area (Å²) in [6.45, 7) is 1.62. The number of carbonyl (C=O) groups is 2. The fraction of sp³-hybridized carbons (Fsp3) is 0.364. The Bertz CT molecular complexity index is 1120. The molecule has 2 rings (SSSR count). The average molecular weight is 512 g/mol. The van der Waals surface area contributed by atoms with Crippen molar-refractivity contribution in [3.8, 4) is 5.75 Å². The molecule has 2 aromatic carbocycles. The lowest BCUT2D eigenvalue weighted by atomic mass is 9.99. The van der Waals surface area contributed by atoms with Gasteiger partial charge in [-0.1, -0.05) is 37.3 Å². The van der Waals surface area contributed by atoms with Gasteiger partial charge in [-0.25, -0.2) is 13.2 Å². The minimum Gasteiger partial charge on any atom is -0.461 e. The molecule has 10 nitrogen and oxygen atoms in total. The summed E-state index contributed by atoms with van der Waals surface area (Å²) in [6.07, 6.45) is 0.545. The van der Waals surface area contributed by atoms with Crippen molar-refractivity contribution in [1.29, 1.82) is 0 Å². The maximum atomic E-state index is 12.5. The van der Waals surface area contributed by atoms with Crippen LogP contribution in [0.5, 0.6) is 5.75 Å². The van der Waals surface area contributed by atoms with Crippen molar-refractivity contribution in [2.75, 3.05) is 18.6 Å². The number of carbonyl (C=O) groups excluding carboxylic acids is 2. The van der Waals surface area contributed by atoms with Crippen molar-refractivity contribution in [2.24, 2.45) is 0 Å². The van der Waals surface area contributed by atoms with Gasteiger partial charge in [0.05, 0.1) is 12.0 Å². The summed E-state index contributed by atoms with van der Waals surface area (Å²) in [5.74, 6) is -0.840. The molecule has 0 saturated heterocycles. The molecular weight excluding hydrogens is 486 g/mol. The topological polar surface area (TPSA) is 139 Å². The summed E-state index contributed by atoms with van der Waals surface area (Å²) in [7, 11) is -2.51. The third kappa shape index (κ3) is 9.79. The second-order valence-corrected chi connectivity index (χ2v) is 11.8. The molecule has 0 fully saturated rings. The second-order valence-electron chi connectivity index (χ2n) is 7.18. The van der Waals surface area contributed by atoms with Crippen LogP contribution in [0.2, 0.25) is 0 Å². The highest BCUT2D eigenvalue weighted by atomic mass is 33.1. The monoisotopic (exact) mass is 511 g/mol. The van der Waals surface area contributed by atoms with E-state index in [1.807, 2.05) is 0 Å². The number of ether oxygens (including phenoxy) is 2. The SMILES string of the molecule is CCC(CC(=O)Oc1cccc(Cc2ccccc2C(=O)OCCSS(C)(=O)=O)c1)O[N+](=O)[O-]. The molecule has 0 amide bonds. The lowest BCUT2D eigenvalue weighted by molar-refractivity contribution is -0.768. The highest BCUT2D eigenvalue weighted by Gasteiger charge is 2.18.